The van der Waals surface area contributed by atoms with Crippen molar-refractivity contribution in [1.29, 1.82) is 0 Å². The summed E-state index contributed by atoms with van der Waals surface area (Å²) in [4.78, 5) is 15.0. The Bertz CT molecular complexity index is 874. The Hall–Kier alpha value is -2.48. The van der Waals surface area contributed by atoms with Crippen LogP contribution in [0.15, 0.2) is 36.4 Å². The maximum atomic E-state index is 13.3. The first kappa shape index (κ1) is 21.2. The lowest BCUT2D eigenvalue weighted by molar-refractivity contribution is -0.0811. The molecule has 1 amide bonds. The summed E-state index contributed by atoms with van der Waals surface area (Å²) in [6.45, 7) is 0.467. The van der Waals surface area contributed by atoms with Gasteiger partial charge in [-0.2, -0.15) is 0 Å². The zero-order valence-corrected chi connectivity index (χ0v) is 17.3. The molecule has 0 aliphatic carbocycles. The second-order valence-electron chi connectivity index (χ2n) is 6.50. The van der Waals surface area contributed by atoms with Gasteiger partial charge in [0.2, 0.25) is 0 Å². The fourth-order valence-electron chi connectivity index (χ4n) is 3.51. The van der Waals surface area contributed by atoms with Gasteiger partial charge in [0.1, 0.15) is 11.9 Å². The minimum atomic E-state index is -0.570. The number of hydrogen-bond donors (Lipinski definition) is 1. The molecule has 0 saturated carbocycles. The minimum absolute atomic E-state index is 0.212. The molecule has 29 heavy (non-hydrogen) atoms. The Morgan fingerprint density at radius 3 is 2.41 bits per heavy atom. The van der Waals surface area contributed by atoms with E-state index in [4.69, 9.17) is 30.5 Å². The maximum absolute atomic E-state index is 13.3. The summed E-state index contributed by atoms with van der Waals surface area (Å²) in [6.07, 6.45) is -0.570. The van der Waals surface area contributed by atoms with E-state index in [1.165, 1.54) is 7.11 Å². The van der Waals surface area contributed by atoms with Crippen LogP contribution in [0.1, 0.15) is 22.0 Å². The van der Waals surface area contributed by atoms with Gasteiger partial charge in [-0.1, -0.05) is 17.7 Å². The molecule has 1 heterocycles. The first-order chi connectivity index (χ1) is 14.0. The molecular formula is C21H24ClNO6. The molecule has 1 aliphatic rings. The van der Waals surface area contributed by atoms with Crippen molar-refractivity contribution in [3.63, 3.8) is 0 Å². The summed E-state index contributed by atoms with van der Waals surface area (Å²) in [7, 11) is 4.62. The highest BCUT2D eigenvalue weighted by atomic mass is 35.5. The number of carbonyl (C=O) groups excluding carboxylic acids is 1. The number of aliphatic hydroxyl groups excluding tert-OH is 1. The summed E-state index contributed by atoms with van der Waals surface area (Å²) < 4.78 is 21.6. The van der Waals surface area contributed by atoms with Crippen LogP contribution < -0.4 is 14.2 Å². The van der Waals surface area contributed by atoms with Crippen molar-refractivity contribution in [3.8, 4) is 17.2 Å². The minimum Gasteiger partial charge on any atom is -0.495 e. The van der Waals surface area contributed by atoms with E-state index < -0.39 is 12.1 Å². The van der Waals surface area contributed by atoms with E-state index in [0.29, 0.717) is 41.0 Å². The monoisotopic (exact) mass is 421 g/mol. The number of carbonyl (C=O) groups is 1. The van der Waals surface area contributed by atoms with Crippen molar-refractivity contribution in [2.45, 2.75) is 12.1 Å². The number of hydrogen-bond acceptors (Lipinski definition) is 6. The number of benzene rings is 2. The van der Waals surface area contributed by atoms with Gasteiger partial charge in [0.15, 0.2) is 11.5 Å². The second kappa shape index (κ2) is 9.35. The SMILES string of the molecule is COc1ccc(C(=O)N2CCO[C@H](CO)[C@H]2c2ccc(OC)c(OC)c2)cc1Cl. The third-order valence-electron chi connectivity index (χ3n) is 4.94. The number of rotatable bonds is 6. The first-order valence-corrected chi connectivity index (χ1v) is 9.50. The second-order valence-corrected chi connectivity index (χ2v) is 6.91. The molecule has 0 aromatic heterocycles. The first-order valence-electron chi connectivity index (χ1n) is 9.13. The van der Waals surface area contributed by atoms with Crippen LogP contribution >= 0.6 is 11.6 Å². The smallest absolute Gasteiger partial charge is 0.254 e. The molecule has 1 fully saturated rings. The number of amides is 1. The van der Waals surface area contributed by atoms with Gasteiger partial charge in [0, 0.05) is 12.1 Å². The van der Waals surface area contributed by atoms with Gasteiger partial charge in [0.25, 0.3) is 5.91 Å². The molecule has 1 saturated heterocycles. The van der Waals surface area contributed by atoms with E-state index in [2.05, 4.69) is 0 Å². The summed E-state index contributed by atoms with van der Waals surface area (Å²) in [5, 5.41) is 10.2. The normalized spacial score (nSPS) is 19.0. The number of methoxy groups -OCH3 is 3. The highest BCUT2D eigenvalue weighted by molar-refractivity contribution is 6.32. The quantitative estimate of drug-likeness (QED) is 0.772. The molecule has 2 aromatic rings. The highest BCUT2D eigenvalue weighted by Gasteiger charge is 2.37. The standard InChI is InChI=1S/C21H24ClNO6/c1-26-16-6-5-14(10-15(16)22)21(25)23-8-9-29-19(12-24)20(23)13-4-7-17(27-2)18(11-13)28-3/h4-7,10-11,19-20,24H,8-9,12H2,1-3H3/t19-,20-/m1/s1. The van der Waals surface area contributed by atoms with Crippen molar-refractivity contribution < 1.29 is 28.8 Å². The van der Waals surface area contributed by atoms with E-state index in [1.807, 2.05) is 6.07 Å². The van der Waals surface area contributed by atoms with Crippen LogP contribution in [0, 0.1) is 0 Å². The van der Waals surface area contributed by atoms with Crippen molar-refractivity contribution in [3.05, 3.63) is 52.5 Å². The highest BCUT2D eigenvalue weighted by Crippen LogP contribution is 2.36. The van der Waals surface area contributed by atoms with Crippen molar-refractivity contribution in [1.82, 2.24) is 4.90 Å². The van der Waals surface area contributed by atoms with Gasteiger partial charge in [-0.3, -0.25) is 4.79 Å². The molecule has 1 aliphatic heterocycles. The van der Waals surface area contributed by atoms with Gasteiger partial charge in [-0.25, -0.2) is 0 Å². The fourth-order valence-corrected chi connectivity index (χ4v) is 3.77. The summed E-state index contributed by atoms with van der Waals surface area (Å²) >= 11 is 6.20. The average molecular weight is 422 g/mol. The van der Waals surface area contributed by atoms with Crippen LogP contribution in [0.25, 0.3) is 0 Å². The van der Waals surface area contributed by atoms with Crippen LogP contribution in [0.2, 0.25) is 5.02 Å². The lowest BCUT2D eigenvalue weighted by Gasteiger charge is -2.41. The fraction of sp³-hybridized carbons (Fsp3) is 0.381. The zero-order valence-electron chi connectivity index (χ0n) is 16.6. The number of aliphatic hydroxyl groups is 1. The Morgan fingerprint density at radius 2 is 1.79 bits per heavy atom. The molecule has 1 N–H and O–H groups in total. The predicted octanol–water partition coefficient (Wildman–Crippen LogP) is 2.94. The lowest BCUT2D eigenvalue weighted by Crippen LogP contribution is -2.49. The number of morpholine rings is 1. The van der Waals surface area contributed by atoms with Crippen LogP contribution in [0.5, 0.6) is 17.2 Å². The zero-order chi connectivity index (χ0) is 21.0. The molecule has 156 valence electrons. The molecule has 0 radical (unpaired) electrons. The summed E-state index contributed by atoms with van der Waals surface area (Å²) in [6, 6.07) is 9.81. The van der Waals surface area contributed by atoms with Crippen LogP contribution in [-0.2, 0) is 4.74 Å². The Labute approximate surface area is 174 Å². The molecular weight excluding hydrogens is 398 g/mol. The van der Waals surface area contributed by atoms with Crippen molar-refractivity contribution >= 4 is 17.5 Å². The Kier molecular flexibility index (Phi) is 6.84. The Balaban J connectivity index is 1.99. The van der Waals surface area contributed by atoms with Crippen molar-refractivity contribution in [2.75, 3.05) is 41.1 Å². The molecule has 0 unspecified atom stereocenters. The van der Waals surface area contributed by atoms with E-state index >= 15 is 0 Å². The number of halogens is 1. The third-order valence-corrected chi connectivity index (χ3v) is 5.24. The lowest BCUT2D eigenvalue weighted by atomic mass is 9.96. The van der Waals surface area contributed by atoms with Crippen LogP contribution in [-0.4, -0.2) is 63.1 Å². The predicted molar refractivity (Wildman–Crippen MR) is 108 cm³/mol. The molecule has 0 spiro atoms. The van der Waals surface area contributed by atoms with Crippen molar-refractivity contribution in [2.24, 2.45) is 0 Å². The van der Waals surface area contributed by atoms with E-state index in [-0.39, 0.29) is 12.5 Å². The number of ether oxygens (including phenoxy) is 4. The molecule has 7 nitrogen and oxygen atoms in total. The molecule has 8 heteroatoms. The van der Waals surface area contributed by atoms with Gasteiger partial charge >= 0.3 is 0 Å². The van der Waals surface area contributed by atoms with Gasteiger partial charge in [-0.15, -0.1) is 0 Å². The molecule has 2 atom stereocenters. The molecule has 0 bridgehead atoms. The summed E-state index contributed by atoms with van der Waals surface area (Å²) in [5.74, 6) is 1.39. The largest absolute Gasteiger partial charge is 0.495 e. The van der Waals surface area contributed by atoms with E-state index in [0.717, 1.165) is 5.56 Å². The molecule has 3 rings (SSSR count). The van der Waals surface area contributed by atoms with Gasteiger partial charge in [-0.05, 0) is 35.9 Å². The van der Waals surface area contributed by atoms with Gasteiger partial charge < -0.3 is 29.0 Å². The topological polar surface area (TPSA) is 77.5 Å². The molecule has 2 aromatic carbocycles. The average Bonchev–Trinajstić information content (AvgIpc) is 2.77. The van der Waals surface area contributed by atoms with Crippen LogP contribution in [0.3, 0.4) is 0 Å². The summed E-state index contributed by atoms with van der Waals surface area (Å²) in [5.41, 5.74) is 1.20. The maximum Gasteiger partial charge on any atom is 0.254 e. The number of nitrogens with zero attached hydrogens (tertiary/aromatic N) is 1. The Morgan fingerprint density at radius 1 is 1.10 bits per heavy atom. The van der Waals surface area contributed by atoms with E-state index in [1.54, 1.807) is 49.5 Å². The van der Waals surface area contributed by atoms with Gasteiger partial charge in [0.05, 0.1) is 45.6 Å². The van der Waals surface area contributed by atoms with E-state index in [9.17, 15) is 9.90 Å². The van der Waals surface area contributed by atoms with Crippen LogP contribution in [0.4, 0.5) is 0 Å². The third kappa shape index (κ3) is 4.27.